The van der Waals surface area contributed by atoms with E-state index in [2.05, 4.69) is 0 Å². The first-order chi connectivity index (χ1) is 10.7. The van der Waals surface area contributed by atoms with E-state index in [-0.39, 0.29) is 29.8 Å². The maximum atomic E-state index is 12.6. The largest absolute Gasteiger partial charge is 0.342 e. The molecule has 4 aliphatic carbocycles. The van der Waals surface area contributed by atoms with E-state index in [4.69, 9.17) is 0 Å². The van der Waals surface area contributed by atoms with E-state index in [0.717, 1.165) is 11.8 Å². The summed E-state index contributed by atoms with van der Waals surface area (Å²) in [7, 11) is -1.20. The number of hydrogen-bond acceptors (Lipinski definition) is 3. The molecule has 4 saturated carbocycles. The van der Waals surface area contributed by atoms with Crippen LogP contribution >= 0.6 is 0 Å². The Morgan fingerprint density at radius 2 is 1.57 bits per heavy atom. The monoisotopic (exact) mass is 341 g/mol. The average molecular weight is 342 g/mol. The minimum absolute atomic E-state index is 0.00164. The molecule has 4 nitrogen and oxygen atoms in total. The number of rotatable bonds is 6. The van der Waals surface area contributed by atoms with Gasteiger partial charge in [-0.3, -0.25) is 4.79 Å². The number of sulfone groups is 1. The molecule has 0 heterocycles. The molecule has 0 aromatic rings. The summed E-state index contributed by atoms with van der Waals surface area (Å²) in [5, 5.41) is 0. The second-order valence-corrected chi connectivity index (χ2v) is 10.9. The van der Waals surface area contributed by atoms with Crippen molar-refractivity contribution < 1.29 is 13.2 Å². The quantitative estimate of drug-likeness (QED) is 0.746. The van der Waals surface area contributed by atoms with Crippen LogP contribution in [0.4, 0.5) is 0 Å². The van der Waals surface area contributed by atoms with E-state index in [1.807, 2.05) is 25.8 Å². The Morgan fingerprint density at radius 3 is 2.04 bits per heavy atom. The molecule has 0 aromatic heterocycles. The molecule has 0 aliphatic heterocycles. The van der Waals surface area contributed by atoms with Crippen molar-refractivity contribution in [2.45, 2.75) is 58.4 Å². The Bertz CT molecular complexity index is 527. The molecule has 0 N–H and O–H groups in total. The Balaban J connectivity index is 1.58. The van der Waals surface area contributed by atoms with Gasteiger partial charge in [0.05, 0.1) is 11.5 Å². The van der Waals surface area contributed by atoms with Crippen LogP contribution in [-0.4, -0.2) is 43.8 Å². The van der Waals surface area contributed by atoms with Gasteiger partial charge in [0.25, 0.3) is 0 Å². The van der Waals surface area contributed by atoms with E-state index >= 15 is 0 Å². The third-order valence-electron chi connectivity index (χ3n) is 6.23. The molecule has 23 heavy (non-hydrogen) atoms. The van der Waals surface area contributed by atoms with Crippen molar-refractivity contribution in [1.29, 1.82) is 0 Å². The highest BCUT2D eigenvalue weighted by molar-refractivity contribution is 7.91. The van der Waals surface area contributed by atoms with Crippen molar-refractivity contribution in [3.05, 3.63) is 0 Å². The molecule has 0 aromatic carbocycles. The summed E-state index contributed by atoms with van der Waals surface area (Å²) in [5.41, 5.74) is 0. The summed E-state index contributed by atoms with van der Waals surface area (Å²) < 4.78 is 24.0. The molecule has 0 saturated heterocycles. The van der Waals surface area contributed by atoms with Gasteiger partial charge >= 0.3 is 0 Å². The summed E-state index contributed by atoms with van der Waals surface area (Å²) in [6, 6.07) is 0.364. The van der Waals surface area contributed by atoms with Gasteiger partial charge in [-0.05, 0) is 61.7 Å². The number of amides is 1. The standard InChI is InChI=1S/C18H31NO3S/c1-12(2)11-23(21,22)5-4-17(20)19(3)18-15-7-13-6-14(9-15)10-16(18)8-13/h12-16,18H,4-11H2,1-3H3. The van der Waals surface area contributed by atoms with Crippen LogP contribution in [-0.2, 0) is 14.6 Å². The third-order valence-corrected chi connectivity index (χ3v) is 8.23. The molecule has 4 rings (SSSR count). The fourth-order valence-electron chi connectivity index (χ4n) is 5.71. The average Bonchev–Trinajstić information content (AvgIpc) is 2.42. The van der Waals surface area contributed by atoms with Crippen LogP contribution in [0, 0.1) is 29.6 Å². The van der Waals surface area contributed by atoms with E-state index in [9.17, 15) is 13.2 Å². The third kappa shape index (κ3) is 3.75. The maximum absolute atomic E-state index is 12.6. The van der Waals surface area contributed by atoms with Gasteiger partial charge in [-0.1, -0.05) is 13.8 Å². The first-order valence-corrected chi connectivity index (χ1v) is 11.0. The number of carbonyl (C=O) groups excluding carboxylic acids is 1. The van der Waals surface area contributed by atoms with E-state index in [1.54, 1.807) is 0 Å². The summed E-state index contributed by atoms with van der Waals surface area (Å²) in [6.07, 6.45) is 6.67. The zero-order valence-corrected chi connectivity index (χ0v) is 15.5. The second kappa shape index (κ2) is 6.38. The molecule has 0 unspecified atom stereocenters. The van der Waals surface area contributed by atoms with Crippen LogP contribution in [0.25, 0.3) is 0 Å². The number of nitrogens with zero attached hydrogens (tertiary/aromatic N) is 1. The van der Waals surface area contributed by atoms with E-state index in [0.29, 0.717) is 17.9 Å². The predicted octanol–water partition coefficient (Wildman–Crippen LogP) is 2.73. The molecule has 0 spiro atoms. The smallest absolute Gasteiger partial charge is 0.223 e. The SMILES string of the molecule is CC(C)CS(=O)(=O)CCC(=O)N(C)C1C2CC3CC(C2)CC1C3. The van der Waals surface area contributed by atoms with Crippen LogP contribution in [0.3, 0.4) is 0 Å². The van der Waals surface area contributed by atoms with Gasteiger partial charge in [-0.15, -0.1) is 0 Å². The Morgan fingerprint density at radius 1 is 1.04 bits per heavy atom. The topological polar surface area (TPSA) is 54.5 Å². The van der Waals surface area contributed by atoms with Crippen molar-refractivity contribution in [2.24, 2.45) is 29.6 Å². The lowest BCUT2D eigenvalue weighted by atomic mass is 9.54. The molecular formula is C18H31NO3S. The van der Waals surface area contributed by atoms with Gasteiger partial charge in [0.15, 0.2) is 9.84 Å². The van der Waals surface area contributed by atoms with Crippen LogP contribution in [0.5, 0.6) is 0 Å². The first-order valence-electron chi connectivity index (χ1n) is 9.21. The maximum Gasteiger partial charge on any atom is 0.223 e. The van der Waals surface area contributed by atoms with Crippen LogP contribution < -0.4 is 0 Å². The molecule has 4 bridgehead atoms. The normalized spacial score (nSPS) is 35.7. The highest BCUT2D eigenvalue weighted by Gasteiger charge is 2.50. The molecule has 4 fully saturated rings. The van der Waals surface area contributed by atoms with Gasteiger partial charge in [-0.25, -0.2) is 8.42 Å². The van der Waals surface area contributed by atoms with Crippen LogP contribution in [0.15, 0.2) is 0 Å². The minimum atomic E-state index is -3.11. The van der Waals surface area contributed by atoms with Crippen molar-refractivity contribution in [3.63, 3.8) is 0 Å². The minimum Gasteiger partial charge on any atom is -0.342 e. The lowest BCUT2D eigenvalue weighted by Crippen LogP contribution is -2.56. The summed E-state index contributed by atoms with van der Waals surface area (Å²) in [4.78, 5) is 14.5. The Hall–Kier alpha value is -0.580. The van der Waals surface area contributed by atoms with E-state index < -0.39 is 9.84 Å². The summed E-state index contributed by atoms with van der Waals surface area (Å²) in [5.74, 6) is 3.43. The van der Waals surface area contributed by atoms with Crippen LogP contribution in [0.2, 0.25) is 0 Å². The molecular weight excluding hydrogens is 310 g/mol. The fourth-order valence-corrected chi connectivity index (χ4v) is 7.37. The van der Waals surface area contributed by atoms with Crippen LogP contribution in [0.1, 0.15) is 52.4 Å². The number of hydrogen-bond donors (Lipinski definition) is 0. The summed E-state index contributed by atoms with van der Waals surface area (Å²) in [6.45, 7) is 3.81. The zero-order valence-electron chi connectivity index (χ0n) is 14.7. The molecule has 1 amide bonds. The zero-order chi connectivity index (χ0) is 16.8. The first kappa shape index (κ1) is 17.2. The molecule has 132 valence electrons. The lowest BCUT2D eigenvalue weighted by molar-refractivity contribution is -0.140. The van der Waals surface area contributed by atoms with Gasteiger partial charge in [0.1, 0.15) is 0 Å². The van der Waals surface area contributed by atoms with E-state index in [1.165, 1.54) is 32.1 Å². The van der Waals surface area contributed by atoms with Gasteiger partial charge < -0.3 is 4.90 Å². The van der Waals surface area contributed by atoms with Gasteiger partial charge in [0.2, 0.25) is 5.91 Å². The molecule has 5 heteroatoms. The number of carbonyl (C=O) groups is 1. The molecule has 4 aliphatic rings. The Kier molecular flexibility index (Phi) is 4.78. The van der Waals surface area contributed by atoms with Gasteiger partial charge in [0, 0.05) is 19.5 Å². The molecule has 0 atom stereocenters. The highest BCUT2D eigenvalue weighted by atomic mass is 32.2. The van der Waals surface area contributed by atoms with Crippen molar-refractivity contribution in [3.8, 4) is 0 Å². The molecule has 0 radical (unpaired) electrons. The lowest BCUT2D eigenvalue weighted by Gasteiger charge is -2.56. The predicted molar refractivity (Wildman–Crippen MR) is 91.7 cm³/mol. The van der Waals surface area contributed by atoms with Crippen molar-refractivity contribution >= 4 is 15.7 Å². The van der Waals surface area contributed by atoms with Crippen molar-refractivity contribution in [1.82, 2.24) is 4.90 Å². The Labute approximate surface area is 140 Å². The van der Waals surface area contributed by atoms with Gasteiger partial charge in [-0.2, -0.15) is 0 Å². The highest BCUT2D eigenvalue weighted by Crippen LogP contribution is 2.54. The second-order valence-electron chi connectivity index (χ2n) is 8.68. The summed E-state index contributed by atoms with van der Waals surface area (Å²) >= 11 is 0. The fraction of sp³-hybridized carbons (Fsp3) is 0.944. The van der Waals surface area contributed by atoms with Crippen molar-refractivity contribution in [2.75, 3.05) is 18.6 Å².